The maximum atomic E-state index is 12.8. The lowest BCUT2D eigenvalue weighted by molar-refractivity contribution is -0.141. The van der Waals surface area contributed by atoms with Gasteiger partial charge in [-0.25, -0.2) is 4.79 Å². The minimum atomic E-state index is -0.943. The van der Waals surface area contributed by atoms with Crippen LogP contribution in [0, 0.1) is 5.92 Å². The van der Waals surface area contributed by atoms with Gasteiger partial charge in [0, 0.05) is 17.2 Å². The van der Waals surface area contributed by atoms with Crippen LogP contribution < -0.4 is 5.73 Å². The predicted molar refractivity (Wildman–Crippen MR) is 82.9 cm³/mol. The van der Waals surface area contributed by atoms with Crippen LogP contribution in [0.15, 0.2) is 24.3 Å². The van der Waals surface area contributed by atoms with Crippen LogP contribution >= 0.6 is 0 Å². The van der Waals surface area contributed by atoms with Crippen molar-refractivity contribution in [2.24, 2.45) is 11.7 Å². The van der Waals surface area contributed by atoms with E-state index in [9.17, 15) is 19.5 Å². The summed E-state index contributed by atoms with van der Waals surface area (Å²) in [5, 5.41) is 9.49. The van der Waals surface area contributed by atoms with Crippen LogP contribution in [0.3, 0.4) is 0 Å². The highest BCUT2D eigenvalue weighted by atomic mass is 16.4. The summed E-state index contributed by atoms with van der Waals surface area (Å²) >= 11 is 0. The largest absolute Gasteiger partial charge is 0.480 e. The molecule has 2 amide bonds. The quantitative estimate of drug-likeness (QED) is 0.885. The van der Waals surface area contributed by atoms with Crippen LogP contribution in [0.1, 0.15) is 52.8 Å². The number of hydrogen-bond donors (Lipinski definition) is 2. The molecule has 1 aliphatic carbocycles. The van der Waals surface area contributed by atoms with Crippen molar-refractivity contribution in [2.45, 2.75) is 44.2 Å². The van der Waals surface area contributed by atoms with E-state index in [0.29, 0.717) is 17.5 Å². The molecule has 1 saturated carbocycles. The Kier molecular flexibility index (Phi) is 4.07. The van der Waals surface area contributed by atoms with Crippen LogP contribution in [0.4, 0.5) is 0 Å². The first-order valence-electron chi connectivity index (χ1n) is 7.94. The summed E-state index contributed by atoms with van der Waals surface area (Å²) in [6.07, 6.45) is 4.50. The van der Waals surface area contributed by atoms with Crippen molar-refractivity contribution in [2.75, 3.05) is 0 Å². The van der Waals surface area contributed by atoms with E-state index in [2.05, 4.69) is 0 Å². The van der Waals surface area contributed by atoms with Gasteiger partial charge in [0.05, 0.1) is 0 Å². The van der Waals surface area contributed by atoms with Crippen molar-refractivity contribution >= 4 is 17.8 Å². The van der Waals surface area contributed by atoms with Crippen LogP contribution in [-0.4, -0.2) is 39.9 Å². The number of benzene rings is 1. The van der Waals surface area contributed by atoms with Crippen molar-refractivity contribution in [3.8, 4) is 0 Å². The molecule has 0 spiro atoms. The van der Waals surface area contributed by atoms with E-state index in [1.54, 1.807) is 4.90 Å². The van der Waals surface area contributed by atoms with Crippen LogP contribution in [-0.2, 0) is 4.79 Å². The van der Waals surface area contributed by atoms with Gasteiger partial charge in [0.25, 0.3) is 5.91 Å². The van der Waals surface area contributed by atoms with Gasteiger partial charge in [-0.15, -0.1) is 0 Å². The Bertz CT molecular complexity index is 640. The molecule has 1 aliphatic heterocycles. The van der Waals surface area contributed by atoms with E-state index >= 15 is 0 Å². The summed E-state index contributed by atoms with van der Waals surface area (Å²) in [6.45, 7) is 0. The van der Waals surface area contributed by atoms with Crippen LogP contribution in [0.2, 0.25) is 0 Å². The molecule has 6 nitrogen and oxygen atoms in total. The number of fused-ring (bicyclic) bond motifs is 1. The lowest BCUT2D eigenvalue weighted by Crippen LogP contribution is -2.46. The Morgan fingerprint density at radius 3 is 2.26 bits per heavy atom. The van der Waals surface area contributed by atoms with Gasteiger partial charge in [0.2, 0.25) is 5.91 Å². The maximum Gasteiger partial charge on any atom is 0.326 e. The second-order valence-corrected chi connectivity index (χ2v) is 6.36. The summed E-state index contributed by atoms with van der Waals surface area (Å²) in [5.74, 6) is -1.50. The number of rotatable bonds is 3. The number of likely N-dealkylation sites (tertiary alicyclic amines) is 1. The van der Waals surface area contributed by atoms with Gasteiger partial charge in [-0.2, -0.15) is 0 Å². The highest BCUT2D eigenvalue weighted by Crippen LogP contribution is 2.40. The molecule has 2 aliphatic rings. The van der Waals surface area contributed by atoms with Crippen LogP contribution in [0.25, 0.3) is 0 Å². The van der Waals surface area contributed by atoms with Gasteiger partial charge in [0.1, 0.15) is 6.04 Å². The number of amides is 2. The lowest BCUT2D eigenvalue weighted by Gasteiger charge is -2.33. The number of hydrogen-bond acceptors (Lipinski definition) is 3. The summed E-state index contributed by atoms with van der Waals surface area (Å²) in [4.78, 5) is 37.1. The standard InChI is InChI=1S/C17H20N2O4/c18-15(20)10-5-7-11(8-6-10)16(21)19-13-4-2-1-3-12(13)9-14(19)17(22)23/h5-8,12-14H,1-4,9H2,(H2,18,20)(H,22,23)/t12-,13+,14-/m0/s1. The molecule has 1 aromatic carbocycles. The molecule has 3 atom stereocenters. The van der Waals surface area contributed by atoms with Crippen molar-refractivity contribution < 1.29 is 19.5 Å². The number of primary amides is 1. The average Bonchev–Trinajstić information content (AvgIpc) is 2.94. The summed E-state index contributed by atoms with van der Waals surface area (Å²) in [5.41, 5.74) is 5.92. The van der Waals surface area contributed by atoms with Crippen molar-refractivity contribution in [3.63, 3.8) is 0 Å². The maximum absolute atomic E-state index is 12.8. The second-order valence-electron chi connectivity index (χ2n) is 6.36. The number of nitrogens with two attached hydrogens (primary N) is 1. The lowest BCUT2D eigenvalue weighted by atomic mass is 9.84. The number of carboxylic acid groups (broad SMARTS) is 1. The topological polar surface area (TPSA) is 101 Å². The predicted octanol–water partition coefficient (Wildman–Crippen LogP) is 1.64. The molecule has 3 N–H and O–H groups in total. The average molecular weight is 316 g/mol. The minimum Gasteiger partial charge on any atom is -0.480 e. The third kappa shape index (κ3) is 2.81. The molecule has 6 heteroatoms. The molecule has 2 fully saturated rings. The van der Waals surface area contributed by atoms with Crippen molar-refractivity contribution in [3.05, 3.63) is 35.4 Å². The van der Waals surface area contributed by atoms with E-state index in [4.69, 9.17) is 5.73 Å². The zero-order valence-corrected chi connectivity index (χ0v) is 12.8. The van der Waals surface area contributed by atoms with Crippen LogP contribution in [0.5, 0.6) is 0 Å². The highest BCUT2D eigenvalue weighted by molar-refractivity contribution is 5.99. The summed E-state index contributed by atoms with van der Waals surface area (Å²) in [6, 6.07) is 5.33. The number of aliphatic carboxylic acids is 1. The normalized spacial score (nSPS) is 26.6. The Labute approximate surface area is 134 Å². The van der Waals surface area contributed by atoms with Gasteiger partial charge in [-0.3, -0.25) is 9.59 Å². The Hall–Kier alpha value is -2.37. The summed E-state index contributed by atoms with van der Waals surface area (Å²) < 4.78 is 0. The number of carboxylic acids is 1. The molecule has 0 unspecified atom stereocenters. The molecule has 0 aromatic heterocycles. The fourth-order valence-electron chi connectivity index (χ4n) is 3.90. The number of carbonyl (C=O) groups excluding carboxylic acids is 2. The first kappa shape index (κ1) is 15.5. The molecular formula is C17H20N2O4. The first-order valence-corrected chi connectivity index (χ1v) is 7.94. The van der Waals surface area contributed by atoms with E-state index in [0.717, 1.165) is 25.7 Å². The molecular weight excluding hydrogens is 296 g/mol. The van der Waals surface area contributed by atoms with E-state index in [1.807, 2.05) is 0 Å². The monoisotopic (exact) mass is 316 g/mol. The zero-order chi connectivity index (χ0) is 16.6. The molecule has 1 saturated heterocycles. The number of carbonyl (C=O) groups is 3. The molecule has 0 bridgehead atoms. The summed E-state index contributed by atoms with van der Waals surface area (Å²) in [7, 11) is 0. The van der Waals surface area contributed by atoms with Gasteiger partial charge < -0.3 is 15.7 Å². The second kappa shape index (κ2) is 6.02. The fourth-order valence-corrected chi connectivity index (χ4v) is 3.90. The fraction of sp³-hybridized carbons (Fsp3) is 0.471. The van der Waals surface area contributed by atoms with Gasteiger partial charge in [-0.05, 0) is 49.4 Å². The Morgan fingerprint density at radius 1 is 1.04 bits per heavy atom. The van der Waals surface area contributed by atoms with E-state index < -0.39 is 17.9 Å². The molecule has 3 rings (SSSR count). The molecule has 122 valence electrons. The third-order valence-electron chi connectivity index (χ3n) is 5.02. The molecule has 23 heavy (non-hydrogen) atoms. The molecule has 0 radical (unpaired) electrons. The molecule has 1 aromatic rings. The zero-order valence-electron chi connectivity index (χ0n) is 12.8. The third-order valence-corrected chi connectivity index (χ3v) is 5.02. The number of nitrogens with zero attached hydrogens (tertiary/aromatic N) is 1. The molecule has 1 heterocycles. The first-order chi connectivity index (χ1) is 11.0. The highest BCUT2D eigenvalue weighted by Gasteiger charge is 2.47. The Morgan fingerprint density at radius 2 is 1.65 bits per heavy atom. The van der Waals surface area contributed by atoms with Crippen molar-refractivity contribution in [1.29, 1.82) is 0 Å². The Balaban J connectivity index is 1.88. The van der Waals surface area contributed by atoms with E-state index in [-0.39, 0.29) is 17.9 Å². The van der Waals surface area contributed by atoms with Gasteiger partial charge in [-0.1, -0.05) is 12.8 Å². The van der Waals surface area contributed by atoms with Crippen molar-refractivity contribution in [1.82, 2.24) is 4.90 Å². The SMILES string of the molecule is NC(=O)c1ccc(C(=O)N2[C@@H]3CCCC[C@H]3C[C@H]2C(=O)O)cc1. The minimum absolute atomic E-state index is 0.00756. The van der Waals surface area contributed by atoms with Gasteiger partial charge in [0.15, 0.2) is 0 Å². The van der Waals surface area contributed by atoms with Gasteiger partial charge >= 0.3 is 5.97 Å². The van der Waals surface area contributed by atoms with E-state index in [1.165, 1.54) is 24.3 Å². The smallest absolute Gasteiger partial charge is 0.326 e.